The minimum Gasteiger partial charge on any atom is -0.497 e. The molecule has 2 aromatic heterocycles. The van der Waals surface area contributed by atoms with Crippen molar-refractivity contribution in [1.29, 1.82) is 0 Å². The van der Waals surface area contributed by atoms with Gasteiger partial charge >= 0.3 is 0 Å². The first-order valence-corrected chi connectivity index (χ1v) is 6.97. The topological polar surface area (TPSA) is 84.8 Å². The summed E-state index contributed by atoms with van der Waals surface area (Å²) in [4.78, 5) is 15.5. The Morgan fingerprint density at radius 3 is 3.05 bits per heavy atom. The van der Waals surface area contributed by atoms with E-state index in [9.17, 15) is 4.79 Å². The van der Waals surface area contributed by atoms with E-state index in [-0.39, 0.29) is 5.91 Å². The molecule has 114 valence electrons. The van der Waals surface area contributed by atoms with Gasteiger partial charge in [-0.1, -0.05) is 5.21 Å². The molecule has 0 unspecified atom stereocenters. The molecule has 7 nitrogen and oxygen atoms in total. The number of methoxy groups -OCH3 is 1. The third-order valence-corrected chi connectivity index (χ3v) is 3.59. The Labute approximate surface area is 127 Å². The first kappa shape index (κ1) is 14.1. The van der Waals surface area contributed by atoms with Crippen molar-refractivity contribution in [1.82, 2.24) is 25.3 Å². The third-order valence-electron chi connectivity index (χ3n) is 3.59. The average Bonchev–Trinajstić information content (AvgIpc) is 3.15. The molecule has 0 saturated heterocycles. The van der Waals surface area contributed by atoms with Crippen molar-refractivity contribution < 1.29 is 9.53 Å². The van der Waals surface area contributed by atoms with Crippen LogP contribution >= 0.6 is 0 Å². The molecule has 0 radical (unpaired) electrons. The molecule has 0 aliphatic rings. The van der Waals surface area contributed by atoms with Gasteiger partial charge in [-0.3, -0.25) is 9.48 Å². The van der Waals surface area contributed by atoms with Gasteiger partial charge in [-0.25, -0.2) is 0 Å². The Morgan fingerprint density at radius 2 is 2.32 bits per heavy atom. The van der Waals surface area contributed by atoms with Gasteiger partial charge in [0.05, 0.1) is 19.9 Å². The van der Waals surface area contributed by atoms with Gasteiger partial charge in [0.15, 0.2) is 0 Å². The fourth-order valence-electron chi connectivity index (χ4n) is 2.38. The van der Waals surface area contributed by atoms with E-state index in [0.717, 1.165) is 22.2 Å². The molecule has 7 heteroatoms. The normalized spacial score (nSPS) is 10.8. The fourth-order valence-corrected chi connectivity index (χ4v) is 2.38. The molecule has 0 aliphatic heterocycles. The van der Waals surface area contributed by atoms with Crippen LogP contribution in [0.5, 0.6) is 5.75 Å². The highest BCUT2D eigenvalue weighted by molar-refractivity contribution is 6.01. The lowest BCUT2D eigenvalue weighted by Crippen LogP contribution is -2.28. The second-order valence-electron chi connectivity index (χ2n) is 4.96. The molecule has 1 aromatic carbocycles. The van der Waals surface area contributed by atoms with Crippen LogP contribution in [0.3, 0.4) is 0 Å². The summed E-state index contributed by atoms with van der Waals surface area (Å²) < 4.78 is 6.89. The highest BCUT2D eigenvalue weighted by atomic mass is 16.5. The van der Waals surface area contributed by atoms with Crippen molar-refractivity contribution in [3.05, 3.63) is 41.9 Å². The van der Waals surface area contributed by atoms with Crippen molar-refractivity contribution in [3.63, 3.8) is 0 Å². The van der Waals surface area contributed by atoms with Gasteiger partial charge in [-0.15, -0.1) is 5.10 Å². The molecule has 3 aromatic rings. The molecule has 1 amide bonds. The molecule has 0 saturated carbocycles. The molecular formula is C15H17N5O2. The summed E-state index contributed by atoms with van der Waals surface area (Å²) in [5, 5.41) is 11.4. The van der Waals surface area contributed by atoms with E-state index >= 15 is 0 Å². The van der Waals surface area contributed by atoms with E-state index in [1.54, 1.807) is 24.2 Å². The summed E-state index contributed by atoms with van der Waals surface area (Å²) in [5.41, 5.74) is 2.40. The van der Waals surface area contributed by atoms with Gasteiger partial charge in [-0.2, -0.15) is 0 Å². The smallest absolute Gasteiger partial charge is 0.268 e. The number of benzene rings is 1. The SMILES string of the molecule is COc1ccc2[nH]c(C(=O)NCCn3ccnn3)c(C)c2c1. The van der Waals surface area contributed by atoms with E-state index in [1.807, 2.05) is 25.1 Å². The van der Waals surface area contributed by atoms with Crippen molar-refractivity contribution in [2.75, 3.05) is 13.7 Å². The number of nitrogens with zero attached hydrogens (tertiary/aromatic N) is 3. The van der Waals surface area contributed by atoms with E-state index in [1.165, 1.54) is 0 Å². The monoisotopic (exact) mass is 299 g/mol. The Balaban J connectivity index is 1.74. The van der Waals surface area contributed by atoms with Gasteiger partial charge in [0.2, 0.25) is 0 Å². The quantitative estimate of drug-likeness (QED) is 0.748. The summed E-state index contributed by atoms with van der Waals surface area (Å²) in [6.07, 6.45) is 3.36. The maximum Gasteiger partial charge on any atom is 0.268 e. The molecular weight excluding hydrogens is 282 g/mol. The van der Waals surface area contributed by atoms with Gasteiger partial charge in [0, 0.05) is 23.6 Å². The largest absolute Gasteiger partial charge is 0.497 e. The number of carbonyl (C=O) groups is 1. The minimum absolute atomic E-state index is 0.132. The Hall–Kier alpha value is -2.83. The Bertz CT molecular complexity index is 792. The van der Waals surface area contributed by atoms with Crippen LogP contribution in [0.4, 0.5) is 0 Å². The predicted octanol–water partition coefficient (Wildman–Crippen LogP) is 1.51. The van der Waals surface area contributed by atoms with Crippen molar-refractivity contribution in [2.24, 2.45) is 0 Å². The molecule has 2 heterocycles. The molecule has 0 spiro atoms. The first-order valence-electron chi connectivity index (χ1n) is 6.97. The van der Waals surface area contributed by atoms with Crippen LogP contribution in [0, 0.1) is 6.92 Å². The molecule has 3 rings (SSSR count). The summed E-state index contributed by atoms with van der Waals surface area (Å²) in [6, 6.07) is 5.70. The van der Waals surface area contributed by atoms with Crippen LogP contribution in [0.1, 0.15) is 16.1 Å². The Morgan fingerprint density at radius 1 is 1.45 bits per heavy atom. The van der Waals surface area contributed by atoms with E-state index in [4.69, 9.17) is 4.74 Å². The number of aryl methyl sites for hydroxylation is 1. The number of nitrogens with one attached hydrogen (secondary N) is 2. The standard InChI is InChI=1S/C15H17N5O2/c1-10-12-9-11(22-2)3-4-13(12)18-14(10)15(21)16-5-7-20-8-6-17-19-20/h3-4,6,8-9,18H,5,7H2,1-2H3,(H,16,21). The number of rotatable bonds is 5. The van der Waals surface area contributed by atoms with Crippen molar-refractivity contribution >= 4 is 16.8 Å². The second kappa shape index (κ2) is 5.88. The van der Waals surface area contributed by atoms with Crippen LogP contribution in [0.15, 0.2) is 30.6 Å². The zero-order valence-corrected chi connectivity index (χ0v) is 12.5. The Kier molecular flexibility index (Phi) is 3.78. The van der Waals surface area contributed by atoms with Gasteiger partial charge < -0.3 is 15.0 Å². The summed E-state index contributed by atoms with van der Waals surface area (Å²) in [7, 11) is 1.63. The molecule has 2 N–H and O–H groups in total. The number of fused-ring (bicyclic) bond motifs is 1. The highest BCUT2D eigenvalue weighted by Crippen LogP contribution is 2.25. The van der Waals surface area contributed by atoms with Crippen LogP contribution < -0.4 is 10.1 Å². The molecule has 0 fully saturated rings. The predicted molar refractivity (Wildman–Crippen MR) is 81.9 cm³/mol. The van der Waals surface area contributed by atoms with Crippen molar-refractivity contribution in [3.8, 4) is 5.75 Å². The first-order chi connectivity index (χ1) is 10.7. The van der Waals surface area contributed by atoms with Crippen molar-refractivity contribution in [2.45, 2.75) is 13.5 Å². The maximum atomic E-state index is 12.3. The zero-order chi connectivity index (χ0) is 15.5. The molecule has 0 bridgehead atoms. The fraction of sp³-hybridized carbons (Fsp3) is 0.267. The number of hydrogen-bond donors (Lipinski definition) is 2. The molecule has 22 heavy (non-hydrogen) atoms. The van der Waals surface area contributed by atoms with Gasteiger partial charge in [-0.05, 0) is 30.7 Å². The van der Waals surface area contributed by atoms with Crippen LogP contribution in [-0.2, 0) is 6.54 Å². The second-order valence-corrected chi connectivity index (χ2v) is 4.96. The van der Waals surface area contributed by atoms with Gasteiger partial charge in [0.25, 0.3) is 5.91 Å². The van der Waals surface area contributed by atoms with Crippen LogP contribution in [-0.4, -0.2) is 39.5 Å². The number of carbonyl (C=O) groups excluding carboxylic acids is 1. The average molecular weight is 299 g/mol. The number of aromatic nitrogens is 4. The summed E-state index contributed by atoms with van der Waals surface area (Å²) in [5.74, 6) is 0.639. The summed E-state index contributed by atoms with van der Waals surface area (Å²) in [6.45, 7) is 2.99. The van der Waals surface area contributed by atoms with Gasteiger partial charge in [0.1, 0.15) is 11.4 Å². The number of H-pyrrole nitrogens is 1. The number of amides is 1. The minimum atomic E-state index is -0.132. The lowest BCUT2D eigenvalue weighted by Gasteiger charge is -2.04. The van der Waals surface area contributed by atoms with Crippen LogP contribution in [0.2, 0.25) is 0 Å². The zero-order valence-electron chi connectivity index (χ0n) is 12.5. The van der Waals surface area contributed by atoms with E-state index < -0.39 is 0 Å². The maximum absolute atomic E-state index is 12.3. The summed E-state index contributed by atoms with van der Waals surface area (Å²) >= 11 is 0. The lowest BCUT2D eigenvalue weighted by molar-refractivity contribution is 0.0947. The number of aromatic amines is 1. The molecule has 0 atom stereocenters. The van der Waals surface area contributed by atoms with Crippen LogP contribution in [0.25, 0.3) is 10.9 Å². The highest BCUT2D eigenvalue weighted by Gasteiger charge is 2.14. The van der Waals surface area contributed by atoms with E-state index in [0.29, 0.717) is 18.8 Å². The molecule has 0 aliphatic carbocycles. The van der Waals surface area contributed by atoms with E-state index in [2.05, 4.69) is 20.6 Å². The number of hydrogen-bond acceptors (Lipinski definition) is 4. The lowest BCUT2D eigenvalue weighted by atomic mass is 10.1. The third kappa shape index (κ3) is 2.65. The number of ether oxygens (including phenoxy) is 1.